The lowest BCUT2D eigenvalue weighted by molar-refractivity contribution is 0.0974. The summed E-state index contributed by atoms with van der Waals surface area (Å²) in [6, 6.07) is 14.2. The van der Waals surface area contributed by atoms with Crippen LogP contribution in [0.15, 0.2) is 61.1 Å². The largest absolute Gasteiger partial charge is 0.355 e. The van der Waals surface area contributed by atoms with Gasteiger partial charge in [-0.3, -0.25) is 4.79 Å². The lowest BCUT2D eigenvalue weighted by Crippen LogP contribution is -2.20. The number of pyridine rings is 1. The third-order valence-electron chi connectivity index (χ3n) is 7.16. The maximum atomic E-state index is 13.6. The minimum Gasteiger partial charge on any atom is -0.355 e. The highest BCUT2D eigenvalue weighted by molar-refractivity contribution is 6.31. The highest BCUT2D eigenvalue weighted by atomic mass is 35.5. The number of aromatic nitrogens is 5. The van der Waals surface area contributed by atoms with Gasteiger partial charge in [-0.1, -0.05) is 41.9 Å². The number of rotatable bonds is 8. The van der Waals surface area contributed by atoms with Gasteiger partial charge in [-0.2, -0.15) is 9.61 Å². The maximum absolute atomic E-state index is 13.6. The lowest BCUT2D eigenvalue weighted by Gasteiger charge is -2.21. The van der Waals surface area contributed by atoms with Crippen LogP contribution in [0.5, 0.6) is 0 Å². The summed E-state index contributed by atoms with van der Waals surface area (Å²) in [7, 11) is 1.99. The second-order valence-electron chi connectivity index (χ2n) is 10.3. The normalized spacial score (nSPS) is 17.0. The van der Waals surface area contributed by atoms with Crippen LogP contribution in [0.3, 0.4) is 0 Å². The van der Waals surface area contributed by atoms with Crippen molar-refractivity contribution in [1.29, 1.82) is 0 Å². The van der Waals surface area contributed by atoms with Crippen molar-refractivity contribution in [2.24, 2.45) is 5.92 Å². The Balaban J connectivity index is 1.53. The van der Waals surface area contributed by atoms with Crippen LogP contribution in [0.1, 0.15) is 48.7 Å². The third-order valence-corrected chi connectivity index (χ3v) is 7.37. The maximum Gasteiger partial charge on any atom is 0.168 e. The SMILES string of the molecule is CC(C)n1cc(-c2cc(N(C)Cc3ccccc3)n3ncc(C(=O)C[C@@H]4C[C@@H]4F)c3n2)c2cc(Cl)cnc21. The molecule has 4 aromatic heterocycles. The smallest absolute Gasteiger partial charge is 0.168 e. The highest BCUT2D eigenvalue weighted by Crippen LogP contribution is 2.38. The fourth-order valence-corrected chi connectivity index (χ4v) is 5.12. The first kappa shape index (κ1) is 24.6. The van der Waals surface area contributed by atoms with Crippen LogP contribution in [0, 0.1) is 5.92 Å². The Morgan fingerprint density at radius 3 is 2.66 bits per heavy atom. The number of Topliss-reactive ketones (excluding diaryl/α,β-unsaturated/α-hetero) is 1. The number of benzene rings is 1. The van der Waals surface area contributed by atoms with Crippen molar-refractivity contribution in [2.75, 3.05) is 11.9 Å². The van der Waals surface area contributed by atoms with Gasteiger partial charge in [0.05, 0.1) is 22.5 Å². The van der Waals surface area contributed by atoms with Crippen LogP contribution < -0.4 is 4.90 Å². The highest BCUT2D eigenvalue weighted by Gasteiger charge is 2.39. The molecule has 0 saturated heterocycles. The van der Waals surface area contributed by atoms with Gasteiger partial charge in [0.1, 0.15) is 17.6 Å². The Kier molecular flexibility index (Phi) is 6.14. The number of hydrogen-bond acceptors (Lipinski definition) is 5. The zero-order chi connectivity index (χ0) is 26.6. The van der Waals surface area contributed by atoms with Crippen LogP contribution in [-0.2, 0) is 6.54 Å². The summed E-state index contributed by atoms with van der Waals surface area (Å²) in [5.74, 6) is 0.432. The number of alkyl halides is 1. The van der Waals surface area contributed by atoms with Crippen LogP contribution in [0.25, 0.3) is 27.9 Å². The Morgan fingerprint density at radius 2 is 1.95 bits per heavy atom. The first-order valence-corrected chi connectivity index (χ1v) is 13.2. The molecule has 0 unspecified atom stereocenters. The minimum absolute atomic E-state index is 0.138. The van der Waals surface area contributed by atoms with Gasteiger partial charge in [-0.05, 0) is 31.9 Å². The van der Waals surface area contributed by atoms with Crippen LogP contribution >= 0.6 is 11.6 Å². The van der Waals surface area contributed by atoms with Gasteiger partial charge >= 0.3 is 0 Å². The quantitative estimate of drug-likeness (QED) is 0.213. The molecule has 194 valence electrons. The van der Waals surface area contributed by atoms with Crippen molar-refractivity contribution >= 4 is 39.9 Å². The molecule has 9 heteroatoms. The number of ketones is 1. The topological polar surface area (TPSA) is 68.3 Å². The van der Waals surface area contributed by atoms with E-state index in [-0.39, 0.29) is 24.2 Å². The molecule has 1 fully saturated rings. The average Bonchev–Trinajstić information content (AvgIpc) is 3.27. The molecule has 2 atom stereocenters. The van der Waals surface area contributed by atoms with E-state index >= 15 is 0 Å². The number of nitrogens with zero attached hydrogens (tertiary/aromatic N) is 6. The van der Waals surface area contributed by atoms with Crippen molar-refractivity contribution in [3.63, 3.8) is 0 Å². The van der Waals surface area contributed by atoms with Gasteiger partial charge in [-0.25, -0.2) is 14.4 Å². The van der Waals surface area contributed by atoms with E-state index in [4.69, 9.17) is 16.6 Å². The summed E-state index contributed by atoms with van der Waals surface area (Å²) in [5.41, 5.74) is 4.37. The summed E-state index contributed by atoms with van der Waals surface area (Å²) >= 11 is 6.36. The molecule has 1 aliphatic rings. The van der Waals surface area contributed by atoms with E-state index in [9.17, 15) is 9.18 Å². The second-order valence-corrected chi connectivity index (χ2v) is 10.8. The second kappa shape index (κ2) is 9.51. The Bertz CT molecular complexity index is 1660. The summed E-state index contributed by atoms with van der Waals surface area (Å²) in [4.78, 5) is 24.8. The van der Waals surface area contributed by atoms with Gasteiger partial charge < -0.3 is 9.47 Å². The Labute approximate surface area is 224 Å². The Morgan fingerprint density at radius 1 is 1.18 bits per heavy atom. The number of carbonyl (C=O) groups is 1. The molecule has 6 rings (SSSR count). The van der Waals surface area contributed by atoms with Crippen LogP contribution in [-0.4, -0.2) is 43.2 Å². The van der Waals surface area contributed by atoms with E-state index in [0.717, 1.165) is 28.0 Å². The molecule has 1 aliphatic carbocycles. The molecule has 5 aromatic rings. The first-order chi connectivity index (χ1) is 18.3. The molecule has 7 nitrogen and oxygen atoms in total. The molecule has 0 spiro atoms. The fourth-order valence-electron chi connectivity index (χ4n) is 4.97. The monoisotopic (exact) mass is 530 g/mol. The van der Waals surface area contributed by atoms with E-state index in [1.54, 1.807) is 16.9 Å². The van der Waals surface area contributed by atoms with Crippen molar-refractivity contribution in [1.82, 2.24) is 24.1 Å². The first-order valence-electron chi connectivity index (χ1n) is 12.8. The van der Waals surface area contributed by atoms with Gasteiger partial charge in [0.15, 0.2) is 11.4 Å². The van der Waals surface area contributed by atoms with Crippen molar-refractivity contribution < 1.29 is 9.18 Å². The molecule has 0 radical (unpaired) electrons. The van der Waals surface area contributed by atoms with E-state index in [2.05, 4.69) is 45.5 Å². The molecule has 0 amide bonds. The summed E-state index contributed by atoms with van der Waals surface area (Å²) in [5, 5.41) is 5.97. The van der Waals surface area contributed by atoms with E-state index < -0.39 is 6.17 Å². The van der Waals surface area contributed by atoms with Gasteiger partial charge in [0.2, 0.25) is 0 Å². The van der Waals surface area contributed by atoms with Crippen LogP contribution in [0.2, 0.25) is 5.02 Å². The van der Waals surface area contributed by atoms with Crippen molar-refractivity contribution in [3.05, 3.63) is 77.2 Å². The average molecular weight is 531 g/mol. The number of anilines is 1. The van der Waals surface area contributed by atoms with Gasteiger partial charge in [0.25, 0.3) is 0 Å². The molecule has 0 bridgehead atoms. The molecule has 1 aromatic carbocycles. The molecule has 0 aliphatic heterocycles. The number of carbonyl (C=O) groups excluding carboxylic acids is 1. The molecule has 4 heterocycles. The van der Waals surface area contributed by atoms with Crippen molar-refractivity contribution in [2.45, 2.75) is 45.4 Å². The lowest BCUT2D eigenvalue weighted by atomic mass is 10.1. The summed E-state index contributed by atoms with van der Waals surface area (Å²) in [6.45, 7) is 4.83. The standard InChI is InChI=1S/C29H28ClFN6O/c1-17(2)36-16-23(21-11-20(30)13-32-28(21)36)25-12-27(35(3)15-18-7-5-4-6-8-18)37-29(34-25)22(14-33-37)26(38)10-19-9-24(19)31/h4-8,11-14,16-17,19,24H,9-10,15H2,1-3H3/t19-,24-/m0/s1. The predicted molar refractivity (Wildman–Crippen MR) is 148 cm³/mol. The molecular formula is C29H28ClFN6O. The predicted octanol–water partition coefficient (Wildman–Crippen LogP) is 6.55. The number of hydrogen-bond donors (Lipinski definition) is 0. The molecule has 1 saturated carbocycles. The summed E-state index contributed by atoms with van der Waals surface area (Å²) in [6.07, 6.45) is 4.95. The van der Waals surface area contributed by atoms with Gasteiger partial charge in [0, 0.05) is 61.4 Å². The fraction of sp³-hybridized carbons (Fsp3) is 0.310. The third kappa shape index (κ3) is 4.43. The van der Waals surface area contributed by atoms with E-state index in [1.165, 1.54) is 0 Å². The molecular weight excluding hydrogens is 503 g/mol. The summed E-state index contributed by atoms with van der Waals surface area (Å²) < 4.78 is 17.4. The van der Waals surface area contributed by atoms with E-state index in [1.807, 2.05) is 43.6 Å². The number of halogens is 2. The number of fused-ring (bicyclic) bond motifs is 2. The zero-order valence-corrected chi connectivity index (χ0v) is 22.2. The van der Waals surface area contributed by atoms with Crippen molar-refractivity contribution in [3.8, 4) is 11.3 Å². The minimum atomic E-state index is -0.892. The molecule has 0 N–H and O–H groups in total. The van der Waals surface area contributed by atoms with Crippen LogP contribution in [0.4, 0.5) is 10.2 Å². The van der Waals surface area contributed by atoms with Gasteiger partial charge in [-0.15, -0.1) is 0 Å². The van der Waals surface area contributed by atoms with E-state index in [0.29, 0.717) is 34.9 Å². The molecule has 38 heavy (non-hydrogen) atoms. The Hall–Kier alpha value is -3.78. The zero-order valence-electron chi connectivity index (χ0n) is 21.5.